The molecule has 1 saturated heterocycles. The van der Waals surface area contributed by atoms with Crippen molar-refractivity contribution in [1.29, 1.82) is 0 Å². The van der Waals surface area contributed by atoms with Crippen molar-refractivity contribution >= 4 is 17.7 Å². The lowest BCUT2D eigenvalue weighted by atomic mass is 10.2. The van der Waals surface area contributed by atoms with E-state index in [0.29, 0.717) is 12.1 Å². The molecular weight excluding hydrogens is 272 g/mol. The molecule has 7 heteroatoms. The van der Waals surface area contributed by atoms with Crippen molar-refractivity contribution in [2.75, 3.05) is 37.6 Å². The molecule has 0 bridgehead atoms. The van der Waals surface area contributed by atoms with E-state index in [9.17, 15) is 9.59 Å². The van der Waals surface area contributed by atoms with E-state index in [1.54, 1.807) is 12.1 Å². The first-order chi connectivity index (χ1) is 9.95. The van der Waals surface area contributed by atoms with Gasteiger partial charge in [0.1, 0.15) is 5.82 Å². The number of nitrogens with zero attached hydrogens (tertiary/aromatic N) is 3. The topological polar surface area (TPSA) is 99.8 Å². The van der Waals surface area contributed by atoms with E-state index < -0.39 is 11.9 Å². The molecule has 0 radical (unpaired) electrons. The fourth-order valence-electron chi connectivity index (χ4n) is 2.41. The summed E-state index contributed by atoms with van der Waals surface area (Å²) in [6, 6.07) is 3.39. The number of piperazine rings is 1. The van der Waals surface area contributed by atoms with Crippen LogP contribution in [-0.2, 0) is 4.79 Å². The Morgan fingerprint density at radius 2 is 1.95 bits per heavy atom. The Kier molecular flexibility index (Phi) is 4.74. The number of amides is 1. The second-order valence-corrected chi connectivity index (χ2v) is 5.19. The zero-order valence-electron chi connectivity index (χ0n) is 12.1. The van der Waals surface area contributed by atoms with Gasteiger partial charge in [-0.05, 0) is 19.1 Å². The predicted octanol–water partition coefficient (Wildman–Crippen LogP) is 0.0856. The monoisotopic (exact) mass is 292 g/mol. The summed E-state index contributed by atoms with van der Waals surface area (Å²) in [4.78, 5) is 30.5. The Morgan fingerprint density at radius 1 is 1.29 bits per heavy atom. The number of carbonyl (C=O) groups is 2. The van der Waals surface area contributed by atoms with Gasteiger partial charge in [0, 0.05) is 44.0 Å². The number of anilines is 1. The molecule has 2 rings (SSSR count). The van der Waals surface area contributed by atoms with Gasteiger partial charge in [-0.2, -0.15) is 0 Å². The van der Waals surface area contributed by atoms with Gasteiger partial charge in [-0.3, -0.25) is 14.5 Å². The highest BCUT2D eigenvalue weighted by Crippen LogP contribution is 2.17. The molecule has 2 heterocycles. The number of aliphatic carboxylic acids is 1. The molecule has 0 atom stereocenters. The number of hydrogen-bond donors (Lipinski definition) is 2. The number of pyridine rings is 1. The van der Waals surface area contributed by atoms with E-state index in [2.05, 4.69) is 14.8 Å². The number of primary amides is 1. The smallest absolute Gasteiger partial charge is 0.304 e. The van der Waals surface area contributed by atoms with Gasteiger partial charge in [0.15, 0.2) is 0 Å². The van der Waals surface area contributed by atoms with Crippen LogP contribution in [0.5, 0.6) is 0 Å². The van der Waals surface area contributed by atoms with Gasteiger partial charge >= 0.3 is 5.97 Å². The van der Waals surface area contributed by atoms with E-state index in [1.807, 2.05) is 6.92 Å². The minimum absolute atomic E-state index is 0.161. The Labute approximate surface area is 123 Å². The summed E-state index contributed by atoms with van der Waals surface area (Å²) >= 11 is 0. The summed E-state index contributed by atoms with van der Waals surface area (Å²) in [6.45, 7) is 5.49. The van der Waals surface area contributed by atoms with Gasteiger partial charge in [-0.15, -0.1) is 0 Å². The summed E-state index contributed by atoms with van der Waals surface area (Å²) in [5.41, 5.74) is 6.54. The molecule has 1 fully saturated rings. The standard InChI is InChI=1S/C14H20N4O3/c1-10-8-11(14(15)21)9-12(16-10)18-6-4-17(5-7-18)3-2-13(19)20/h8-9H,2-7H2,1H3,(H2,15,21)(H,19,20). The van der Waals surface area contributed by atoms with Crippen molar-refractivity contribution in [3.05, 3.63) is 23.4 Å². The molecule has 0 unspecified atom stereocenters. The Morgan fingerprint density at radius 3 is 2.52 bits per heavy atom. The quantitative estimate of drug-likeness (QED) is 0.797. The van der Waals surface area contributed by atoms with Crippen molar-refractivity contribution in [2.45, 2.75) is 13.3 Å². The SMILES string of the molecule is Cc1cc(C(N)=O)cc(N2CCN(CCC(=O)O)CC2)n1. The zero-order valence-corrected chi connectivity index (χ0v) is 12.1. The van der Waals surface area contributed by atoms with Gasteiger partial charge in [0.05, 0.1) is 6.42 Å². The lowest BCUT2D eigenvalue weighted by molar-refractivity contribution is -0.137. The van der Waals surface area contributed by atoms with Crippen LogP contribution in [0, 0.1) is 6.92 Å². The lowest BCUT2D eigenvalue weighted by Crippen LogP contribution is -2.47. The minimum Gasteiger partial charge on any atom is -0.481 e. The summed E-state index contributed by atoms with van der Waals surface area (Å²) < 4.78 is 0. The molecule has 0 aliphatic carbocycles. The Hall–Kier alpha value is -2.15. The maximum absolute atomic E-state index is 11.3. The summed E-state index contributed by atoms with van der Waals surface area (Å²) in [6.07, 6.45) is 0.161. The molecule has 3 N–H and O–H groups in total. The molecule has 7 nitrogen and oxygen atoms in total. The highest BCUT2D eigenvalue weighted by atomic mass is 16.4. The number of rotatable bonds is 5. The number of carboxylic acid groups (broad SMARTS) is 1. The van der Waals surface area contributed by atoms with Gasteiger partial charge in [-0.1, -0.05) is 0 Å². The summed E-state index contributed by atoms with van der Waals surface area (Å²) in [5, 5.41) is 8.70. The third-order valence-electron chi connectivity index (χ3n) is 3.56. The molecular formula is C14H20N4O3. The van der Waals surface area contributed by atoms with E-state index in [-0.39, 0.29) is 6.42 Å². The third kappa shape index (κ3) is 4.16. The number of aromatic nitrogens is 1. The predicted molar refractivity (Wildman–Crippen MR) is 78.4 cm³/mol. The molecule has 1 aliphatic heterocycles. The van der Waals surface area contributed by atoms with E-state index in [1.165, 1.54) is 0 Å². The third-order valence-corrected chi connectivity index (χ3v) is 3.56. The molecule has 1 aliphatic rings. The van der Waals surface area contributed by atoms with E-state index >= 15 is 0 Å². The fourth-order valence-corrected chi connectivity index (χ4v) is 2.41. The van der Waals surface area contributed by atoms with Gasteiger partial charge in [-0.25, -0.2) is 4.98 Å². The molecule has 0 aromatic carbocycles. The average Bonchev–Trinajstić information content (AvgIpc) is 2.45. The fraction of sp³-hybridized carbons (Fsp3) is 0.500. The van der Waals surface area contributed by atoms with Crippen LogP contribution in [0.2, 0.25) is 0 Å². The Balaban J connectivity index is 1.99. The summed E-state index contributed by atoms with van der Waals surface area (Å²) in [7, 11) is 0. The van der Waals surface area contributed by atoms with Crippen molar-refractivity contribution < 1.29 is 14.7 Å². The van der Waals surface area contributed by atoms with Crippen molar-refractivity contribution in [1.82, 2.24) is 9.88 Å². The first kappa shape index (κ1) is 15.2. The number of carboxylic acids is 1. The molecule has 1 aromatic heterocycles. The van der Waals surface area contributed by atoms with Crippen LogP contribution >= 0.6 is 0 Å². The lowest BCUT2D eigenvalue weighted by Gasteiger charge is -2.35. The van der Waals surface area contributed by atoms with Gasteiger partial charge in [0.2, 0.25) is 5.91 Å². The first-order valence-electron chi connectivity index (χ1n) is 6.93. The molecule has 1 aromatic rings. The van der Waals surface area contributed by atoms with E-state index in [0.717, 1.165) is 37.7 Å². The van der Waals surface area contributed by atoms with Crippen LogP contribution in [0.1, 0.15) is 22.5 Å². The van der Waals surface area contributed by atoms with Gasteiger partial charge < -0.3 is 15.7 Å². The van der Waals surface area contributed by atoms with Gasteiger partial charge in [0.25, 0.3) is 0 Å². The van der Waals surface area contributed by atoms with Crippen molar-refractivity contribution in [3.63, 3.8) is 0 Å². The second kappa shape index (κ2) is 6.53. The minimum atomic E-state index is -0.774. The maximum Gasteiger partial charge on any atom is 0.304 e. The zero-order chi connectivity index (χ0) is 15.4. The number of nitrogens with two attached hydrogens (primary N) is 1. The van der Waals surface area contributed by atoms with Crippen LogP contribution in [0.25, 0.3) is 0 Å². The molecule has 114 valence electrons. The summed E-state index contributed by atoms with van der Waals surface area (Å²) in [5.74, 6) is -0.479. The molecule has 1 amide bonds. The van der Waals surface area contributed by atoms with Crippen LogP contribution in [0.3, 0.4) is 0 Å². The number of carbonyl (C=O) groups excluding carboxylic acids is 1. The first-order valence-corrected chi connectivity index (χ1v) is 6.93. The van der Waals surface area contributed by atoms with Crippen LogP contribution in [0.4, 0.5) is 5.82 Å². The van der Waals surface area contributed by atoms with Crippen LogP contribution in [-0.4, -0.2) is 59.6 Å². The molecule has 0 spiro atoms. The van der Waals surface area contributed by atoms with Crippen LogP contribution in [0.15, 0.2) is 12.1 Å². The molecule has 0 saturated carbocycles. The Bertz CT molecular complexity index is 539. The largest absolute Gasteiger partial charge is 0.481 e. The van der Waals surface area contributed by atoms with Crippen molar-refractivity contribution in [2.24, 2.45) is 5.73 Å². The number of hydrogen-bond acceptors (Lipinski definition) is 5. The van der Waals surface area contributed by atoms with Crippen LogP contribution < -0.4 is 10.6 Å². The normalized spacial score (nSPS) is 16.0. The number of aryl methyl sites for hydroxylation is 1. The maximum atomic E-state index is 11.3. The average molecular weight is 292 g/mol. The van der Waals surface area contributed by atoms with Crippen molar-refractivity contribution in [3.8, 4) is 0 Å². The van der Waals surface area contributed by atoms with E-state index in [4.69, 9.17) is 10.8 Å². The highest BCUT2D eigenvalue weighted by molar-refractivity contribution is 5.93. The second-order valence-electron chi connectivity index (χ2n) is 5.19. The highest BCUT2D eigenvalue weighted by Gasteiger charge is 2.19. The molecule has 21 heavy (non-hydrogen) atoms.